The molecule has 0 aromatic heterocycles. The van der Waals surface area contributed by atoms with E-state index in [1.807, 2.05) is 0 Å². The van der Waals surface area contributed by atoms with Crippen molar-refractivity contribution in [2.75, 3.05) is 0 Å². The van der Waals surface area contributed by atoms with E-state index in [1.54, 1.807) is 12.1 Å². The van der Waals surface area contributed by atoms with Crippen LogP contribution in [-0.4, -0.2) is 6.36 Å². The second-order valence-corrected chi connectivity index (χ2v) is 3.56. The minimum Gasteiger partial charge on any atom is -0.405 e. The first kappa shape index (κ1) is 16.8. The molecule has 1 aromatic rings. The maximum Gasteiger partial charge on any atom is 0.573 e. The van der Waals surface area contributed by atoms with Gasteiger partial charge in [-0.05, 0) is 18.9 Å². The van der Waals surface area contributed by atoms with Gasteiger partial charge in [0.1, 0.15) is 5.75 Å². The lowest BCUT2D eigenvalue weighted by molar-refractivity contribution is -0.275. The van der Waals surface area contributed by atoms with Gasteiger partial charge in [-0.1, -0.05) is 24.3 Å². The molecule has 2 nitrogen and oxygen atoms in total. The Hall–Kier alpha value is -1.20. The normalized spacial score (nSPS) is 12.4. The molecule has 0 aliphatic carbocycles. The molecule has 2 N–H and O–H groups in total. The molecule has 0 saturated carbocycles. The van der Waals surface area contributed by atoms with Gasteiger partial charge in [0.15, 0.2) is 0 Å². The molecule has 0 aliphatic rings. The van der Waals surface area contributed by atoms with Crippen molar-refractivity contribution < 1.29 is 17.9 Å². The summed E-state index contributed by atoms with van der Waals surface area (Å²) in [6.07, 6.45) is -1.86. The van der Waals surface area contributed by atoms with Crippen molar-refractivity contribution in [3.8, 4) is 5.75 Å². The molecule has 0 aliphatic heterocycles. The number of rotatable bonds is 5. The highest BCUT2D eigenvalue weighted by Gasteiger charge is 2.32. The summed E-state index contributed by atoms with van der Waals surface area (Å²) in [6, 6.07) is 5.41. The van der Waals surface area contributed by atoms with Gasteiger partial charge in [-0.15, -0.1) is 32.2 Å². The minimum atomic E-state index is -4.70. The highest BCUT2D eigenvalue weighted by atomic mass is 35.5. The largest absolute Gasteiger partial charge is 0.573 e. The molecule has 6 heteroatoms. The Morgan fingerprint density at radius 2 is 1.94 bits per heavy atom. The Morgan fingerprint density at radius 3 is 2.50 bits per heavy atom. The summed E-state index contributed by atoms with van der Waals surface area (Å²) in [7, 11) is 0. The van der Waals surface area contributed by atoms with Crippen LogP contribution in [0.15, 0.2) is 36.9 Å². The average molecular weight is 282 g/mol. The van der Waals surface area contributed by atoms with E-state index in [0.29, 0.717) is 18.4 Å². The van der Waals surface area contributed by atoms with Crippen LogP contribution in [0.25, 0.3) is 0 Å². The van der Waals surface area contributed by atoms with Crippen LogP contribution in [0.4, 0.5) is 13.2 Å². The topological polar surface area (TPSA) is 35.2 Å². The predicted octanol–water partition coefficient (Wildman–Crippen LogP) is 3.97. The van der Waals surface area contributed by atoms with Crippen LogP contribution in [0.3, 0.4) is 0 Å². The van der Waals surface area contributed by atoms with Gasteiger partial charge in [-0.25, -0.2) is 0 Å². The standard InChI is InChI=1S/C12H14F3NO.ClH/c1-2-3-7-10(16)9-6-4-5-8-11(9)17-12(13,14)15;/h2,4-6,8,10H,1,3,7,16H2;1H/t10-;/m0./s1. The number of benzene rings is 1. The van der Waals surface area contributed by atoms with Gasteiger partial charge in [0.05, 0.1) is 0 Å². The van der Waals surface area contributed by atoms with Gasteiger partial charge >= 0.3 is 6.36 Å². The average Bonchev–Trinajstić information content (AvgIpc) is 2.24. The molecule has 1 aromatic carbocycles. The molecule has 0 radical (unpaired) electrons. The Labute approximate surface area is 110 Å². The van der Waals surface area contributed by atoms with Crippen LogP contribution < -0.4 is 10.5 Å². The number of hydrogen-bond donors (Lipinski definition) is 1. The van der Waals surface area contributed by atoms with Crippen LogP contribution in [0.5, 0.6) is 5.75 Å². The number of ether oxygens (including phenoxy) is 1. The van der Waals surface area contributed by atoms with E-state index >= 15 is 0 Å². The van der Waals surface area contributed by atoms with E-state index < -0.39 is 12.4 Å². The molecule has 1 atom stereocenters. The Kier molecular flexibility index (Phi) is 6.80. The van der Waals surface area contributed by atoms with E-state index in [-0.39, 0.29) is 18.2 Å². The third-order valence-electron chi connectivity index (χ3n) is 2.23. The highest BCUT2D eigenvalue weighted by Crippen LogP contribution is 2.30. The Bertz CT molecular complexity index is 382. The van der Waals surface area contributed by atoms with E-state index in [4.69, 9.17) is 5.73 Å². The van der Waals surface area contributed by atoms with Crippen molar-refractivity contribution in [2.24, 2.45) is 5.73 Å². The lowest BCUT2D eigenvalue weighted by atomic mass is 10.0. The first-order valence-electron chi connectivity index (χ1n) is 5.15. The van der Waals surface area contributed by atoms with Crippen molar-refractivity contribution in [1.29, 1.82) is 0 Å². The van der Waals surface area contributed by atoms with Crippen LogP contribution in [0, 0.1) is 0 Å². The zero-order valence-electron chi connectivity index (χ0n) is 9.61. The third kappa shape index (κ3) is 5.42. The molecule has 1 rings (SSSR count). The third-order valence-corrected chi connectivity index (χ3v) is 2.23. The first-order valence-corrected chi connectivity index (χ1v) is 5.15. The van der Waals surface area contributed by atoms with Gasteiger partial charge in [0.25, 0.3) is 0 Å². The first-order chi connectivity index (χ1) is 7.94. The Morgan fingerprint density at radius 1 is 1.33 bits per heavy atom. The second-order valence-electron chi connectivity index (χ2n) is 3.56. The minimum absolute atomic E-state index is 0. The van der Waals surface area contributed by atoms with Gasteiger partial charge in [-0.3, -0.25) is 0 Å². The molecule has 0 amide bonds. The fourth-order valence-electron chi connectivity index (χ4n) is 1.46. The van der Waals surface area contributed by atoms with E-state index in [2.05, 4.69) is 11.3 Å². The molecule has 0 bridgehead atoms. The lowest BCUT2D eigenvalue weighted by Gasteiger charge is -2.17. The molecule has 0 saturated heterocycles. The number of para-hydroxylation sites is 1. The summed E-state index contributed by atoms with van der Waals surface area (Å²) in [4.78, 5) is 0. The molecule has 18 heavy (non-hydrogen) atoms. The van der Waals surface area contributed by atoms with E-state index in [1.165, 1.54) is 18.2 Å². The van der Waals surface area contributed by atoms with Crippen molar-refractivity contribution in [3.63, 3.8) is 0 Å². The summed E-state index contributed by atoms with van der Waals surface area (Å²) in [6.45, 7) is 3.54. The smallest absolute Gasteiger partial charge is 0.405 e. The quantitative estimate of drug-likeness (QED) is 0.829. The Balaban J connectivity index is 0.00000289. The van der Waals surface area contributed by atoms with Crippen molar-refractivity contribution in [3.05, 3.63) is 42.5 Å². The van der Waals surface area contributed by atoms with E-state index in [0.717, 1.165) is 0 Å². The van der Waals surface area contributed by atoms with Gasteiger partial charge in [0, 0.05) is 11.6 Å². The maximum absolute atomic E-state index is 12.2. The lowest BCUT2D eigenvalue weighted by Crippen LogP contribution is -2.20. The summed E-state index contributed by atoms with van der Waals surface area (Å²) < 4.78 is 40.4. The monoisotopic (exact) mass is 281 g/mol. The fourth-order valence-corrected chi connectivity index (χ4v) is 1.46. The number of nitrogens with two attached hydrogens (primary N) is 1. The zero-order chi connectivity index (χ0) is 12.9. The molecule has 102 valence electrons. The molecule has 0 unspecified atom stereocenters. The van der Waals surface area contributed by atoms with Gasteiger partial charge in [-0.2, -0.15) is 0 Å². The molecule has 0 spiro atoms. The molecule has 0 heterocycles. The fraction of sp³-hybridized carbons (Fsp3) is 0.333. The van der Waals surface area contributed by atoms with Crippen LogP contribution in [0.1, 0.15) is 24.4 Å². The molecule has 0 fully saturated rings. The number of halogens is 4. The SMILES string of the molecule is C=CCC[C@H](N)c1ccccc1OC(F)(F)F.Cl. The van der Waals surface area contributed by atoms with Crippen molar-refractivity contribution in [2.45, 2.75) is 25.2 Å². The predicted molar refractivity (Wildman–Crippen MR) is 66.7 cm³/mol. The summed E-state index contributed by atoms with van der Waals surface area (Å²) in [5, 5.41) is 0. The van der Waals surface area contributed by atoms with Crippen LogP contribution in [-0.2, 0) is 0 Å². The zero-order valence-corrected chi connectivity index (χ0v) is 10.4. The van der Waals surface area contributed by atoms with Crippen molar-refractivity contribution in [1.82, 2.24) is 0 Å². The maximum atomic E-state index is 12.2. The number of allylic oxidation sites excluding steroid dienone is 1. The highest BCUT2D eigenvalue weighted by molar-refractivity contribution is 5.85. The van der Waals surface area contributed by atoms with Gasteiger partial charge < -0.3 is 10.5 Å². The summed E-state index contributed by atoms with van der Waals surface area (Å²) in [5.74, 6) is -0.239. The summed E-state index contributed by atoms with van der Waals surface area (Å²) >= 11 is 0. The number of hydrogen-bond acceptors (Lipinski definition) is 2. The van der Waals surface area contributed by atoms with Gasteiger partial charge in [0.2, 0.25) is 0 Å². The van der Waals surface area contributed by atoms with Crippen molar-refractivity contribution >= 4 is 12.4 Å². The van der Waals surface area contributed by atoms with E-state index in [9.17, 15) is 13.2 Å². The summed E-state index contributed by atoms with van der Waals surface area (Å²) in [5.41, 5.74) is 6.16. The molecular weight excluding hydrogens is 267 g/mol. The number of alkyl halides is 3. The molecular formula is C12H15ClF3NO. The van der Waals surface area contributed by atoms with Crippen LogP contribution >= 0.6 is 12.4 Å². The van der Waals surface area contributed by atoms with Crippen LogP contribution in [0.2, 0.25) is 0 Å². The second kappa shape index (κ2) is 7.28.